The molecule has 0 heterocycles. The van der Waals surface area contributed by atoms with Crippen molar-refractivity contribution in [2.24, 2.45) is 5.16 Å². The van der Waals surface area contributed by atoms with Gasteiger partial charge in [0.05, 0.1) is 12.3 Å². The van der Waals surface area contributed by atoms with Crippen LogP contribution in [0.25, 0.3) is 0 Å². The molecule has 0 spiro atoms. The van der Waals surface area contributed by atoms with E-state index in [1.165, 1.54) is 5.56 Å². The van der Waals surface area contributed by atoms with Crippen molar-refractivity contribution in [2.75, 3.05) is 19.8 Å². The highest BCUT2D eigenvalue weighted by Crippen LogP contribution is 2.26. The summed E-state index contributed by atoms with van der Waals surface area (Å²) in [6.07, 6.45) is 1.71. The maximum Gasteiger partial charge on any atom is 0.119 e. The predicted octanol–water partition coefficient (Wildman–Crippen LogP) is 2.23. The molecule has 0 unspecified atom stereocenters. The summed E-state index contributed by atoms with van der Waals surface area (Å²) in [5, 5.41) is 12.1. The van der Waals surface area contributed by atoms with E-state index < -0.39 is 0 Å². The molecule has 0 atom stereocenters. The molecule has 1 aliphatic carbocycles. The van der Waals surface area contributed by atoms with E-state index in [1.807, 2.05) is 25.1 Å². The largest absolute Gasteiger partial charge is 0.491 e. The second-order valence-electron chi connectivity index (χ2n) is 3.91. The zero-order valence-corrected chi connectivity index (χ0v) is 9.98. The molecule has 92 valence electrons. The highest BCUT2D eigenvalue weighted by atomic mass is 16.5. The molecule has 1 aromatic rings. The fourth-order valence-corrected chi connectivity index (χ4v) is 2.00. The van der Waals surface area contributed by atoms with Gasteiger partial charge in [-0.2, -0.15) is 0 Å². The summed E-state index contributed by atoms with van der Waals surface area (Å²) < 4.78 is 10.8. The molecule has 1 aromatic carbocycles. The van der Waals surface area contributed by atoms with Crippen LogP contribution in [0.5, 0.6) is 5.75 Å². The minimum atomic E-state index is 0.563. The molecule has 0 amide bonds. The topological polar surface area (TPSA) is 51.0 Å². The van der Waals surface area contributed by atoms with Gasteiger partial charge < -0.3 is 14.7 Å². The summed E-state index contributed by atoms with van der Waals surface area (Å²) in [5.41, 5.74) is 2.98. The van der Waals surface area contributed by atoms with Crippen LogP contribution in [0.4, 0.5) is 0 Å². The molecule has 1 aliphatic rings. The van der Waals surface area contributed by atoms with Crippen LogP contribution in [0.15, 0.2) is 23.4 Å². The lowest BCUT2D eigenvalue weighted by atomic mass is 10.1. The number of hydrogen-bond donors (Lipinski definition) is 1. The SMILES string of the molecule is CCOCCOc1ccc2c(c1)CC/C2=N\O. The van der Waals surface area contributed by atoms with Gasteiger partial charge in [0.25, 0.3) is 0 Å². The first-order valence-electron chi connectivity index (χ1n) is 5.90. The van der Waals surface area contributed by atoms with Gasteiger partial charge in [0, 0.05) is 12.2 Å². The lowest BCUT2D eigenvalue weighted by Crippen LogP contribution is -2.06. The maximum atomic E-state index is 8.82. The predicted molar refractivity (Wildman–Crippen MR) is 65.1 cm³/mol. The minimum Gasteiger partial charge on any atom is -0.491 e. The summed E-state index contributed by atoms with van der Waals surface area (Å²) in [4.78, 5) is 0. The van der Waals surface area contributed by atoms with E-state index in [9.17, 15) is 0 Å². The fraction of sp³-hybridized carbons (Fsp3) is 0.462. The van der Waals surface area contributed by atoms with Crippen LogP contribution < -0.4 is 4.74 Å². The molecule has 1 N–H and O–H groups in total. The summed E-state index contributed by atoms with van der Waals surface area (Å²) in [6.45, 7) is 3.85. The molecule has 0 radical (unpaired) electrons. The van der Waals surface area contributed by atoms with Gasteiger partial charge in [-0.05, 0) is 43.5 Å². The molecule has 0 aromatic heterocycles. The van der Waals surface area contributed by atoms with E-state index >= 15 is 0 Å². The van der Waals surface area contributed by atoms with Gasteiger partial charge in [-0.25, -0.2) is 0 Å². The van der Waals surface area contributed by atoms with Crippen molar-refractivity contribution in [3.8, 4) is 5.75 Å². The van der Waals surface area contributed by atoms with Gasteiger partial charge in [0.1, 0.15) is 12.4 Å². The molecule has 0 bridgehead atoms. The van der Waals surface area contributed by atoms with Gasteiger partial charge in [-0.15, -0.1) is 0 Å². The van der Waals surface area contributed by atoms with Crippen LogP contribution in [0.2, 0.25) is 0 Å². The molecule has 0 saturated heterocycles. The lowest BCUT2D eigenvalue weighted by molar-refractivity contribution is 0.110. The van der Waals surface area contributed by atoms with Gasteiger partial charge in [0.2, 0.25) is 0 Å². The van der Waals surface area contributed by atoms with Gasteiger partial charge >= 0.3 is 0 Å². The van der Waals surface area contributed by atoms with E-state index in [2.05, 4.69) is 5.16 Å². The molecule has 0 aliphatic heterocycles. The molecule has 4 nitrogen and oxygen atoms in total. The van der Waals surface area contributed by atoms with E-state index in [0.717, 1.165) is 29.9 Å². The molecule has 4 heteroatoms. The van der Waals surface area contributed by atoms with Crippen LogP contribution in [0.3, 0.4) is 0 Å². The van der Waals surface area contributed by atoms with Crippen LogP contribution in [-0.4, -0.2) is 30.7 Å². The van der Waals surface area contributed by atoms with E-state index in [1.54, 1.807) is 0 Å². The number of ether oxygens (including phenoxy) is 2. The Morgan fingerprint density at radius 2 is 2.18 bits per heavy atom. The Kier molecular flexibility index (Phi) is 3.98. The minimum absolute atomic E-state index is 0.563. The van der Waals surface area contributed by atoms with Gasteiger partial charge in [-0.3, -0.25) is 0 Å². The monoisotopic (exact) mass is 235 g/mol. The number of aryl methyl sites for hydroxylation is 1. The zero-order chi connectivity index (χ0) is 12.1. The Morgan fingerprint density at radius 3 is 2.94 bits per heavy atom. The Hall–Kier alpha value is -1.55. The lowest BCUT2D eigenvalue weighted by Gasteiger charge is -2.07. The fourth-order valence-electron chi connectivity index (χ4n) is 2.00. The molecular formula is C13H17NO3. The Morgan fingerprint density at radius 1 is 1.29 bits per heavy atom. The number of hydrogen-bond acceptors (Lipinski definition) is 4. The van der Waals surface area contributed by atoms with Crippen molar-refractivity contribution in [3.05, 3.63) is 29.3 Å². The highest BCUT2D eigenvalue weighted by Gasteiger charge is 2.18. The smallest absolute Gasteiger partial charge is 0.119 e. The normalized spacial score (nSPS) is 16.2. The average Bonchev–Trinajstić information content (AvgIpc) is 2.77. The summed E-state index contributed by atoms with van der Waals surface area (Å²) in [7, 11) is 0. The van der Waals surface area contributed by atoms with Crippen molar-refractivity contribution in [1.82, 2.24) is 0 Å². The van der Waals surface area contributed by atoms with Crippen LogP contribution in [0, 0.1) is 0 Å². The summed E-state index contributed by atoms with van der Waals surface area (Å²) in [5.74, 6) is 0.850. The molecule has 17 heavy (non-hydrogen) atoms. The first-order chi connectivity index (χ1) is 8.35. The molecule has 0 fully saturated rings. The van der Waals surface area contributed by atoms with E-state index in [4.69, 9.17) is 14.7 Å². The molecule has 0 saturated carbocycles. The number of fused-ring (bicyclic) bond motifs is 1. The Bertz CT molecular complexity index is 415. The van der Waals surface area contributed by atoms with Crippen molar-refractivity contribution in [2.45, 2.75) is 19.8 Å². The third-order valence-corrected chi connectivity index (χ3v) is 2.84. The first-order valence-corrected chi connectivity index (χ1v) is 5.90. The number of nitrogens with zero attached hydrogens (tertiary/aromatic N) is 1. The van der Waals surface area contributed by atoms with E-state index in [0.29, 0.717) is 19.8 Å². The zero-order valence-electron chi connectivity index (χ0n) is 9.98. The number of rotatable bonds is 5. The quantitative estimate of drug-likeness (QED) is 0.483. The van der Waals surface area contributed by atoms with Gasteiger partial charge in [-0.1, -0.05) is 5.16 Å². The number of oxime groups is 1. The van der Waals surface area contributed by atoms with Crippen LogP contribution >= 0.6 is 0 Å². The Balaban J connectivity index is 1.98. The third-order valence-electron chi connectivity index (χ3n) is 2.84. The molecular weight excluding hydrogens is 218 g/mol. The Labute approximate surface area is 101 Å². The molecule has 2 rings (SSSR count). The van der Waals surface area contributed by atoms with Gasteiger partial charge in [0.15, 0.2) is 0 Å². The van der Waals surface area contributed by atoms with Crippen molar-refractivity contribution in [3.63, 3.8) is 0 Å². The standard InChI is InChI=1S/C13H17NO3/c1-2-16-7-8-17-11-4-5-12-10(9-11)3-6-13(12)14-15/h4-5,9,15H,2-3,6-8H2,1H3/b14-13+. The first kappa shape index (κ1) is 11.9. The third kappa shape index (κ3) is 2.77. The van der Waals surface area contributed by atoms with Crippen molar-refractivity contribution in [1.29, 1.82) is 0 Å². The van der Waals surface area contributed by atoms with E-state index in [-0.39, 0.29) is 0 Å². The van der Waals surface area contributed by atoms with Crippen molar-refractivity contribution >= 4 is 5.71 Å². The second-order valence-corrected chi connectivity index (χ2v) is 3.91. The van der Waals surface area contributed by atoms with Crippen LogP contribution in [0.1, 0.15) is 24.5 Å². The highest BCUT2D eigenvalue weighted by molar-refractivity contribution is 6.04. The average molecular weight is 235 g/mol. The van der Waals surface area contributed by atoms with Crippen LogP contribution in [-0.2, 0) is 11.2 Å². The maximum absolute atomic E-state index is 8.82. The summed E-state index contributed by atoms with van der Waals surface area (Å²) >= 11 is 0. The van der Waals surface area contributed by atoms with Crippen molar-refractivity contribution < 1.29 is 14.7 Å². The summed E-state index contributed by atoms with van der Waals surface area (Å²) in [6, 6.07) is 5.87. The number of benzene rings is 1. The second kappa shape index (κ2) is 5.68.